The van der Waals surface area contributed by atoms with Crippen LogP contribution in [0.15, 0.2) is 71.5 Å². The number of amidine groups is 2. The molecule has 0 saturated heterocycles. The average Bonchev–Trinajstić information content (AvgIpc) is 3.21. The third-order valence-corrected chi connectivity index (χ3v) is 5.35. The van der Waals surface area contributed by atoms with Crippen LogP contribution in [0.4, 0.5) is 0 Å². The molecule has 2 aromatic carbocycles. The number of fused-ring (bicyclic) bond motifs is 1. The summed E-state index contributed by atoms with van der Waals surface area (Å²) in [6, 6.07) is 11.5. The molecule has 0 spiro atoms. The quantitative estimate of drug-likeness (QED) is 0.324. The SMILES string of the molecule is C=CCc1cc(/C=C2/C(=N)N3OC(C)=CC3=NC2=O)cc(OC)c1OCCOc1ccc(C)cc1. The van der Waals surface area contributed by atoms with Crippen molar-refractivity contribution in [1.29, 1.82) is 5.41 Å². The number of carbonyl (C=O) groups excluding carboxylic acids is 1. The first-order valence-corrected chi connectivity index (χ1v) is 11.1. The van der Waals surface area contributed by atoms with E-state index in [1.165, 1.54) is 10.6 Å². The number of hydrogen-bond donors (Lipinski definition) is 1. The number of hydrogen-bond acceptors (Lipinski definition) is 6. The van der Waals surface area contributed by atoms with Gasteiger partial charge in [0.15, 0.2) is 23.2 Å². The topological polar surface area (TPSA) is 93.4 Å². The van der Waals surface area contributed by atoms with E-state index in [1.54, 1.807) is 38.3 Å². The Hall–Kier alpha value is -4.33. The number of amides is 1. The molecule has 1 amide bonds. The van der Waals surface area contributed by atoms with Gasteiger partial charge in [-0.15, -0.1) is 11.6 Å². The molecule has 0 saturated carbocycles. The van der Waals surface area contributed by atoms with Crippen molar-refractivity contribution in [3.05, 3.63) is 83.2 Å². The fraction of sp³-hybridized carbons (Fsp3) is 0.222. The van der Waals surface area contributed by atoms with Crippen molar-refractivity contribution in [3.8, 4) is 17.2 Å². The average molecular weight is 474 g/mol. The molecule has 2 aliphatic heterocycles. The zero-order valence-electron chi connectivity index (χ0n) is 20.0. The summed E-state index contributed by atoms with van der Waals surface area (Å²) in [5, 5.41) is 9.66. The Balaban J connectivity index is 1.54. The summed E-state index contributed by atoms with van der Waals surface area (Å²) in [6.07, 6.45) is 5.50. The Morgan fingerprint density at radius 1 is 1.14 bits per heavy atom. The maximum atomic E-state index is 12.6. The number of carbonyl (C=O) groups is 1. The molecule has 8 heteroatoms. The van der Waals surface area contributed by atoms with Gasteiger partial charge in [-0.2, -0.15) is 4.99 Å². The highest BCUT2D eigenvalue weighted by Crippen LogP contribution is 2.35. The molecule has 2 aliphatic rings. The molecule has 1 N–H and O–H groups in total. The Kier molecular flexibility index (Phi) is 7.01. The van der Waals surface area contributed by atoms with E-state index in [0.717, 1.165) is 11.3 Å². The fourth-order valence-electron chi connectivity index (χ4n) is 3.69. The minimum Gasteiger partial charge on any atom is -0.493 e. The van der Waals surface area contributed by atoms with Gasteiger partial charge in [0.1, 0.15) is 24.7 Å². The largest absolute Gasteiger partial charge is 0.493 e. The van der Waals surface area contributed by atoms with Crippen LogP contribution in [0.2, 0.25) is 0 Å². The van der Waals surface area contributed by atoms with Crippen LogP contribution in [0.25, 0.3) is 6.08 Å². The van der Waals surface area contributed by atoms with E-state index in [1.807, 2.05) is 37.3 Å². The summed E-state index contributed by atoms with van der Waals surface area (Å²) in [4.78, 5) is 22.1. The van der Waals surface area contributed by atoms with Crippen LogP contribution in [-0.2, 0) is 16.1 Å². The van der Waals surface area contributed by atoms with Crippen molar-refractivity contribution in [1.82, 2.24) is 5.06 Å². The molecule has 0 fully saturated rings. The van der Waals surface area contributed by atoms with Crippen LogP contribution in [0.3, 0.4) is 0 Å². The lowest BCUT2D eigenvalue weighted by Gasteiger charge is -2.23. The Morgan fingerprint density at radius 2 is 1.89 bits per heavy atom. The summed E-state index contributed by atoms with van der Waals surface area (Å²) >= 11 is 0. The van der Waals surface area contributed by atoms with E-state index in [2.05, 4.69) is 11.6 Å². The number of allylic oxidation sites excluding steroid dienone is 2. The maximum Gasteiger partial charge on any atom is 0.282 e. The molecule has 0 bridgehead atoms. The van der Waals surface area contributed by atoms with E-state index in [4.69, 9.17) is 24.5 Å². The van der Waals surface area contributed by atoms with E-state index in [-0.39, 0.29) is 11.4 Å². The van der Waals surface area contributed by atoms with Gasteiger partial charge in [-0.25, -0.2) is 0 Å². The number of hydroxylamine groups is 2. The van der Waals surface area contributed by atoms with Crippen molar-refractivity contribution in [2.24, 2.45) is 4.99 Å². The lowest BCUT2D eigenvalue weighted by atomic mass is 10.0. The molecule has 2 heterocycles. The molecule has 35 heavy (non-hydrogen) atoms. The van der Waals surface area contributed by atoms with Crippen LogP contribution < -0.4 is 14.2 Å². The number of rotatable bonds is 9. The second kappa shape index (κ2) is 10.3. The Labute approximate surface area is 204 Å². The molecular weight excluding hydrogens is 446 g/mol. The molecule has 0 aliphatic carbocycles. The van der Waals surface area contributed by atoms with Crippen molar-refractivity contribution in [3.63, 3.8) is 0 Å². The van der Waals surface area contributed by atoms with Gasteiger partial charge < -0.3 is 19.0 Å². The minimum atomic E-state index is -0.506. The highest BCUT2D eigenvalue weighted by Gasteiger charge is 2.34. The van der Waals surface area contributed by atoms with E-state index in [9.17, 15) is 4.79 Å². The van der Waals surface area contributed by atoms with Gasteiger partial charge in [-0.1, -0.05) is 23.8 Å². The Morgan fingerprint density at radius 3 is 2.60 bits per heavy atom. The smallest absolute Gasteiger partial charge is 0.282 e. The van der Waals surface area contributed by atoms with Crippen molar-refractivity contribution >= 4 is 23.7 Å². The van der Waals surface area contributed by atoms with Crippen LogP contribution in [0, 0.1) is 12.3 Å². The zero-order valence-corrected chi connectivity index (χ0v) is 20.0. The number of benzene rings is 2. The number of aliphatic imine (C=N–C) groups is 1. The monoisotopic (exact) mass is 473 g/mol. The van der Waals surface area contributed by atoms with E-state index < -0.39 is 5.91 Å². The van der Waals surface area contributed by atoms with Crippen LogP contribution in [-0.4, -0.2) is 43.0 Å². The summed E-state index contributed by atoms with van der Waals surface area (Å²) in [6.45, 7) is 8.27. The standard InChI is InChI=1S/C27H27N3O5/c1-5-6-20-14-19(15-22-26(28)30-24(29-27(22)31)13-18(3)35-30)16-23(32-4)25(20)34-12-11-33-21-9-7-17(2)8-10-21/h5,7-10,13-16,28H,1,6,11-12H2,2-4H3/b22-15-,28-26?. The molecule has 0 atom stereocenters. The lowest BCUT2D eigenvalue weighted by Crippen LogP contribution is -2.38. The number of methoxy groups -OCH3 is 1. The van der Waals surface area contributed by atoms with E-state index in [0.29, 0.717) is 48.3 Å². The van der Waals surface area contributed by atoms with Gasteiger partial charge in [0.05, 0.1) is 12.7 Å². The van der Waals surface area contributed by atoms with Gasteiger partial charge in [0.2, 0.25) is 0 Å². The first-order chi connectivity index (χ1) is 16.9. The fourth-order valence-corrected chi connectivity index (χ4v) is 3.69. The number of nitrogens with one attached hydrogen (secondary N) is 1. The molecule has 0 unspecified atom stereocenters. The van der Waals surface area contributed by atoms with Gasteiger partial charge in [0.25, 0.3) is 5.91 Å². The zero-order chi connectivity index (χ0) is 24.9. The first kappa shape index (κ1) is 23.8. The number of nitrogens with zero attached hydrogens (tertiary/aromatic N) is 2. The van der Waals surface area contributed by atoms with Crippen molar-refractivity contribution in [2.45, 2.75) is 20.3 Å². The molecule has 0 aromatic heterocycles. The van der Waals surface area contributed by atoms with Gasteiger partial charge in [-0.05, 0) is 56.2 Å². The predicted octanol–water partition coefficient (Wildman–Crippen LogP) is 4.64. The summed E-state index contributed by atoms with van der Waals surface area (Å²) in [7, 11) is 1.55. The summed E-state index contributed by atoms with van der Waals surface area (Å²) < 4.78 is 17.4. The highest BCUT2D eigenvalue weighted by molar-refractivity contribution is 6.32. The molecule has 180 valence electrons. The van der Waals surface area contributed by atoms with Crippen LogP contribution in [0.5, 0.6) is 17.2 Å². The summed E-state index contributed by atoms with van der Waals surface area (Å²) in [5.41, 5.74) is 2.77. The third-order valence-electron chi connectivity index (χ3n) is 5.35. The summed E-state index contributed by atoms with van der Waals surface area (Å²) in [5.74, 6) is 2.13. The number of ether oxygens (including phenoxy) is 3. The van der Waals surface area contributed by atoms with Gasteiger partial charge in [-0.3, -0.25) is 10.2 Å². The minimum absolute atomic E-state index is 0.0779. The number of aryl methyl sites for hydroxylation is 1. The molecule has 4 rings (SSSR count). The van der Waals surface area contributed by atoms with Gasteiger partial charge >= 0.3 is 0 Å². The maximum absolute atomic E-state index is 12.6. The Bertz CT molecular complexity index is 1260. The van der Waals surface area contributed by atoms with E-state index >= 15 is 0 Å². The predicted molar refractivity (Wildman–Crippen MR) is 134 cm³/mol. The van der Waals surface area contributed by atoms with Gasteiger partial charge in [0, 0.05) is 11.6 Å². The van der Waals surface area contributed by atoms with Crippen LogP contribution >= 0.6 is 0 Å². The molecular formula is C27H27N3O5. The van der Waals surface area contributed by atoms with Crippen LogP contribution in [0.1, 0.15) is 23.6 Å². The molecule has 8 nitrogen and oxygen atoms in total. The highest BCUT2D eigenvalue weighted by atomic mass is 16.7. The second-order valence-corrected chi connectivity index (χ2v) is 8.04. The van der Waals surface area contributed by atoms with Crippen molar-refractivity contribution < 1.29 is 23.8 Å². The van der Waals surface area contributed by atoms with Crippen molar-refractivity contribution in [2.75, 3.05) is 20.3 Å². The third kappa shape index (κ3) is 5.27. The first-order valence-electron chi connectivity index (χ1n) is 11.1. The molecule has 2 aromatic rings. The normalized spacial score (nSPS) is 15.9. The second-order valence-electron chi connectivity index (χ2n) is 8.04. The molecule has 0 radical (unpaired) electrons. The lowest BCUT2D eigenvalue weighted by molar-refractivity contribution is -0.114.